The summed E-state index contributed by atoms with van der Waals surface area (Å²) in [6, 6.07) is 9.69. The topological polar surface area (TPSA) is 129 Å². The van der Waals surface area contributed by atoms with Crippen molar-refractivity contribution in [2.45, 2.75) is 49.9 Å². The Morgan fingerprint density at radius 2 is 2.07 bits per heavy atom. The van der Waals surface area contributed by atoms with E-state index in [1.165, 1.54) is 22.0 Å². The number of carbonyl (C=O) groups is 1. The van der Waals surface area contributed by atoms with Crippen LogP contribution in [0.3, 0.4) is 0 Å². The number of esters is 1. The van der Waals surface area contributed by atoms with Crippen LogP contribution >= 0.6 is 39.0 Å². The Kier molecular flexibility index (Phi) is 8.99. The number of aromatic nitrogens is 3. The number of furan rings is 1. The number of nitrogens with one attached hydrogen (secondary N) is 1. The standard InChI is InChI=1S/C29H27BrN4O6S2/c1-5-8-20-23(26(37)39-6-2)24(16-9-7-10-17(12-16)38-4)34-25(36)21(41-29(34)32-20)14-18-13-19(30)27(40-18)42-28-31-15(3)11-22(35)33-28/h7,9-14,24H,5-6,8H2,1-4H3,(H,31,33,35)/b21-14+/t24-/m0/s1. The van der Waals surface area contributed by atoms with E-state index in [1.54, 1.807) is 39.2 Å². The summed E-state index contributed by atoms with van der Waals surface area (Å²) in [7, 11) is 1.57. The van der Waals surface area contributed by atoms with Gasteiger partial charge in [0.05, 0.1) is 40.0 Å². The minimum Gasteiger partial charge on any atom is -0.497 e. The Morgan fingerprint density at radius 3 is 2.79 bits per heavy atom. The number of aryl methyl sites for hydroxylation is 1. The molecule has 1 aromatic carbocycles. The zero-order valence-electron chi connectivity index (χ0n) is 23.2. The lowest BCUT2D eigenvalue weighted by molar-refractivity contribution is -0.139. The lowest BCUT2D eigenvalue weighted by Gasteiger charge is -2.26. The quantitative estimate of drug-likeness (QED) is 0.204. The molecule has 1 N–H and O–H groups in total. The van der Waals surface area contributed by atoms with E-state index >= 15 is 0 Å². The van der Waals surface area contributed by atoms with Gasteiger partial charge in [0, 0.05) is 17.8 Å². The number of ether oxygens (including phenoxy) is 2. The predicted molar refractivity (Wildman–Crippen MR) is 163 cm³/mol. The number of aromatic amines is 1. The Hall–Kier alpha value is -3.68. The molecule has 3 aromatic heterocycles. The number of nitrogens with zero attached hydrogens (tertiary/aromatic N) is 3. The van der Waals surface area contributed by atoms with Gasteiger partial charge in [-0.05, 0) is 71.7 Å². The first-order chi connectivity index (χ1) is 20.2. The van der Waals surface area contributed by atoms with Crippen LogP contribution in [0.2, 0.25) is 0 Å². The molecule has 0 spiro atoms. The van der Waals surface area contributed by atoms with Gasteiger partial charge in [0.25, 0.3) is 11.1 Å². The summed E-state index contributed by atoms with van der Waals surface area (Å²) in [6.07, 6.45) is 2.94. The summed E-state index contributed by atoms with van der Waals surface area (Å²) in [6.45, 7) is 5.68. The van der Waals surface area contributed by atoms with E-state index in [0.717, 1.165) is 18.2 Å². The number of hydrogen-bond donors (Lipinski definition) is 1. The second-order valence-corrected chi connectivity index (χ2v) is 12.1. The third-order valence-electron chi connectivity index (χ3n) is 6.29. The zero-order chi connectivity index (χ0) is 30.0. The Labute approximate surface area is 256 Å². The van der Waals surface area contributed by atoms with Crippen LogP contribution in [0.4, 0.5) is 0 Å². The molecule has 1 atom stereocenters. The molecule has 0 amide bonds. The SMILES string of the molecule is CCCC1=C(C(=O)OCC)[C@H](c2cccc(OC)c2)n2c(s/c(=C/c3cc(Br)c(Sc4nc(C)cc(=O)[nH]4)o3)c2=O)=N1. The number of halogens is 1. The fourth-order valence-corrected chi connectivity index (χ4v) is 6.94. The van der Waals surface area contributed by atoms with Crippen LogP contribution in [0, 0.1) is 6.92 Å². The third kappa shape index (κ3) is 6.08. The van der Waals surface area contributed by atoms with E-state index in [4.69, 9.17) is 18.9 Å². The molecule has 0 unspecified atom stereocenters. The van der Waals surface area contributed by atoms with Crippen LogP contribution in [0.15, 0.2) is 81.4 Å². The van der Waals surface area contributed by atoms with Crippen molar-refractivity contribution in [3.05, 3.63) is 99.2 Å². The Bertz CT molecular complexity index is 1940. The summed E-state index contributed by atoms with van der Waals surface area (Å²) >= 11 is 5.86. The smallest absolute Gasteiger partial charge is 0.338 e. The van der Waals surface area contributed by atoms with E-state index in [9.17, 15) is 14.4 Å². The molecule has 0 radical (unpaired) electrons. The summed E-state index contributed by atoms with van der Waals surface area (Å²) in [4.78, 5) is 51.4. The number of hydrogen-bond acceptors (Lipinski definition) is 10. The van der Waals surface area contributed by atoms with Crippen molar-refractivity contribution in [3.63, 3.8) is 0 Å². The van der Waals surface area contributed by atoms with Crippen molar-refractivity contribution in [1.29, 1.82) is 0 Å². The van der Waals surface area contributed by atoms with Gasteiger partial charge in [-0.25, -0.2) is 14.8 Å². The summed E-state index contributed by atoms with van der Waals surface area (Å²) < 4.78 is 19.4. The normalized spacial score (nSPS) is 15.0. The number of methoxy groups -OCH3 is 1. The number of H-pyrrole nitrogens is 1. The van der Waals surface area contributed by atoms with Crippen molar-refractivity contribution < 1.29 is 18.7 Å². The maximum atomic E-state index is 14.0. The van der Waals surface area contributed by atoms with Crippen LogP contribution in [-0.2, 0) is 9.53 Å². The summed E-state index contributed by atoms with van der Waals surface area (Å²) in [5, 5.41) is 0.848. The number of thiazole rings is 1. The van der Waals surface area contributed by atoms with E-state index in [0.29, 0.717) is 64.5 Å². The van der Waals surface area contributed by atoms with Crippen LogP contribution < -0.4 is 25.2 Å². The molecule has 0 bridgehead atoms. The van der Waals surface area contributed by atoms with Gasteiger partial charge >= 0.3 is 5.97 Å². The lowest BCUT2D eigenvalue weighted by Crippen LogP contribution is -2.40. The first kappa shape index (κ1) is 29.8. The first-order valence-electron chi connectivity index (χ1n) is 13.1. The maximum Gasteiger partial charge on any atom is 0.338 e. The molecule has 5 rings (SSSR count). The molecule has 0 saturated heterocycles. The van der Waals surface area contributed by atoms with Crippen molar-refractivity contribution >= 4 is 51.1 Å². The maximum absolute atomic E-state index is 14.0. The third-order valence-corrected chi connectivity index (χ3v) is 9.00. The molecule has 1 aliphatic heterocycles. The number of fused-ring (bicyclic) bond motifs is 1. The molecule has 4 aromatic rings. The van der Waals surface area contributed by atoms with Gasteiger partial charge in [-0.15, -0.1) is 0 Å². The van der Waals surface area contributed by atoms with Gasteiger partial charge in [-0.2, -0.15) is 0 Å². The van der Waals surface area contributed by atoms with Gasteiger partial charge in [0.2, 0.25) is 0 Å². The Balaban J connectivity index is 1.64. The molecule has 218 valence electrons. The molecular formula is C29H27BrN4O6S2. The molecule has 0 aliphatic carbocycles. The van der Waals surface area contributed by atoms with Gasteiger partial charge < -0.3 is 18.9 Å². The highest BCUT2D eigenvalue weighted by Crippen LogP contribution is 2.35. The van der Waals surface area contributed by atoms with Crippen molar-refractivity contribution in [3.8, 4) is 5.75 Å². The number of allylic oxidation sites excluding steroid dienone is 1. The number of rotatable bonds is 9. The van der Waals surface area contributed by atoms with Crippen molar-refractivity contribution in [2.24, 2.45) is 4.99 Å². The van der Waals surface area contributed by atoms with E-state index < -0.39 is 12.0 Å². The van der Waals surface area contributed by atoms with Crippen molar-refractivity contribution in [1.82, 2.24) is 14.5 Å². The summed E-state index contributed by atoms with van der Waals surface area (Å²) in [5.74, 6) is 0.508. The highest BCUT2D eigenvalue weighted by atomic mass is 79.9. The second-order valence-electron chi connectivity index (χ2n) is 9.27. The molecule has 0 fully saturated rings. The van der Waals surface area contributed by atoms with Crippen LogP contribution in [0.25, 0.3) is 6.08 Å². The van der Waals surface area contributed by atoms with Crippen LogP contribution in [-0.4, -0.2) is 34.2 Å². The number of carbonyl (C=O) groups excluding carboxylic acids is 1. The largest absolute Gasteiger partial charge is 0.497 e. The fourth-order valence-electron chi connectivity index (χ4n) is 4.57. The average Bonchev–Trinajstić information content (AvgIpc) is 3.45. The van der Waals surface area contributed by atoms with E-state index in [1.807, 2.05) is 25.1 Å². The molecule has 42 heavy (non-hydrogen) atoms. The molecule has 10 nitrogen and oxygen atoms in total. The van der Waals surface area contributed by atoms with Crippen molar-refractivity contribution in [2.75, 3.05) is 13.7 Å². The monoisotopic (exact) mass is 670 g/mol. The molecule has 0 saturated carbocycles. The lowest BCUT2D eigenvalue weighted by atomic mass is 9.94. The summed E-state index contributed by atoms with van der Waals surface area (Å²) in [5.41, 5.74) is 1.63. The highest BCUT2D eigenvalue weighted by Gasteiger charge is 2.34. The van der Waals surface area contributed by atoms with Gasteiger partial charge in [-0.1, -0.05) is 36.8 Å². The highest BCUT2D eigenvalue weighted by molar-refractivity contribution is 9.10. The van der Waals surface area contributed by atoms with Gasteiger partial charge in [0.15, 0.2) is 15.1 Å². The molecular weight excluding hydrogens is 644 g/mol. The fraction of sp³-hybridized carbons (Fsp3) is 0.276. The van der Waals surface area contributed by atoms with E-state index in [2.05, 4.69) is 25.9 Å². The first-order valence-corrected chi connectivity index (χ1v) is 15.6. The van der Waals surface area contributed by atoms with Crippen LogP contribution in [0.1, 0.15) is 49.7 Å². The minimum absolute atomic E-state index is 0.191. The average molecular weight is 672 g/mol. The Morgan fingerprint density at radius 1 is 1.26 bits per heavy atom. The molecule has 1 aliphatic rings. The number of benzene rings is 1. The predicted octanol–water partition coefficient (Wildman–Crippen LogP) is 4.49. The van der Waals surface area contributed by atoms with Crippen LogP contribution in [0.5, 0.6) is 5.75 Å². The molecule has 4 heterocycles. The van der Waals surface area contributed by atoms with Gasteiger partial charge in [0.1, 0.15) is 11.5 Å². The van der Waals surface area contributed by atoms with Gasteiger partial charge in [-0.3, -0.25) is 14.2 Å². The second kappa shape index (κ2) is 12.7. The molecule has 13 heteroatoms. The minimum atomic E-state index is -0.752. The zero-order valence-corrected chi connectivity index (χ0v) is 26.4. The van der Waals surface area contributed by atoms with E-state index in [-0.39, 0.29) is 17.7 Å².